The molecule has 0 aliphatic rings. The van der Waals surface area contributed by atoms with Gasteiger partial charge in [0.1, 0.15) is 5.82 Å². The molecule has 0 saturated heterocycles. The molecule has 0 radical (unpaired) electrons. The number of benzene rings is 1. The van der Waals surface area contributed by atoms with Gasteiger partial charge in [0.05, 0.1) is 20.4 Å². The van der Waals surface area contributed by atoms with Gasteiger partial charge in [-0.3, -0.25) is 0 Å². The normalized spacial score (nSPS) is 11.3. The van der Waals surface area contributed by atoms with E-state index in [4.69, 9.17) is 28.9 Å². The van der Waals surface area contributed by atoms with Gasteiger partial charge < -0.3 is 10.3 Å². The summed E-state index contributed by atoms with van der Waals surface area (Å²) in [5.41, 5.74) is 7.13. The summed E-state index contributed by atoms with van der Waals surface area (Å²) in [6.45, 7) is 0.640. The quantitative estimate of drug-likeness (QED) is 0.775. The third-order valence-corrected chi connectivity index (χ3v) is 4.61. The molecule has 0 atom stereocenters. The Balaban J connectivity index is 1.94. The summed E-state index contributed by atoms with van der Waals surface area (Å²) < 4.78 is 16.0. The van der Waals surface area contributed by atoms with Crippen molar-refractivity contribution in [3.63, 3.8) is 0 Å². The van der Waals surface area contributed by atoms with Gasteiger partial charge in [-0.15, -0.1) is 11.3 Å². The third-order valence-electron chi connectivity index (χ3n) is 3.03. The van der Waals surface area contributed by atoms with E-state index < -0.39 is 5.82 Å². The molecule has 0 bridgehead atoms. The molecule has 0 amide bonds. The van der Waals surface area contributed by atoms with Crippen LogP contribution >= 0.6 is 34.5 Å². The summed E-state index contributed by atoms with van der Waals surface area (Å²) >= 11 is 13.2. The number of nitrogens with two attached hydrogens (primary N) is 1. The lowest BCUT2D eigenvalue weighted by Gasteiger charge is -2.05. The molecule has 3 aromatic rings. The maximum absolute atomic E-state index is 13.4. The zero-order valence-electron chi connectivity index (χ0n) is 10.2. The Morgan fingerprint density at radius 1 is 1.30 bits per heavy atom. The van der Waals surface area contributed by atoms with Gasteiger partial charge in [0.2, 0.25) is 5.95 Å². The number of nitrogens with zero attached hydrogens (tertiary/aromatic N) is 2. The molecule has 0 unspecified atom stereocenters. The van der Waals surface area contributed by atoms with Crippen LogP contribution in [0.1, 0.15) is 4.88 Å². The number of nitrogen functional groups attached to an aromatic ring is 1. The van der Waals surface area contributed by atoms with Crippen molar-refractivity contribution in [3.8, 4) is 0 Å². The van der Waals surface area contributed by atoms with E-state index in [1.807, 2.05) is 16.7 Å². The monoisotopic (exact) mass is 329 g/mol. The second kappa shape index (κ2) is 5.24. The van der Waals surface area contributed by atoms with E-state index in [1.165, 1.54) is 17.4 Å². The summed E-state index contributed by atoms with van der Waals surface area (Å²) in [6.07, 6.45) is 0.780. The number of aryl methyl sites for hydroxylation is 2. The lowest BCUT2D eigenvalue weighted by atomic mass is 10.3. The minimum absolute atomic E-state index is 0.0674. The van der Waals surface area contributed by atoms with Gasteiger partial charge in [-0.05, 0) is 24.6 Å². The Labute approximate surface area is 128 Å². The molecule has 20 heavy (non-hydrogen) atoms. The molecule has 2 aromatic heterocycles. The SMILES string of the molecule is Nc1nc2cc(F)c(Cl)cc2n1CCc1ccc(Cl)s1. The molecule has 0 saturated carbocycles. The fraction of sp³-hybridized carbons (Fsp3) is 0.154. The molecule has 1 aromatic carbocycles. The predicted octanol–water partition coefficient (Wildman–Crippen LogP) is 4.37. The minimum atomic E-state index is -0.492. The van der Waals surface area contributed by atoms with Crippen LogP contribution in [0.2, 0.25) is 9.36 Å². The van der Waals surface area contributed by atoms with Gasteiger partial charge in [0, 0.05) is 17.5 Å². The number of rotatable bonds is 3. The van der Waals surface area contributed by atoms with Crippen molar-refractivity contribution in [2.75, 3.05) is 5.73 Å². The smallest absolute Gasteiger partial charge is 0.201 e. The number of aromatic nitrogens is 2. The highest BCUT2D eigenvalue weighted by molar-refractivity contribution is 7.16. The minimum Gasteiger partial charge on any atom is -0.369 e. The first-order valence-corrected chi connectivity index (χ1v) is 7.47. The first-order chi connectivity index (χ1) is 9.54. The second-order valence-electron chi connectivity index (χ2n) is 4.33. The number of imidazole rings is 1. The van der Waals surface area contributed by atoms with Gasteiger partial charge in [0.15, 0.2) is 0 Å². The maximum Gasteiger partial charge on any atom is 0.201 e. The Bertz CT molecular complexity index is 781. The topological polar surface area (TPSA) is 43.8 Å². The number of halogens is 3. The summed E-state index contributed by atoms with van der Waals surface area (Å²) in [6, 6.07) is 6.70. The first-order valence-electron chi connectivity index (χ1n) is 5.89. The number of thiophene rings is 1. The van der Waals surface area contributed by atoms with Crippen molar-refractivity contribution < 1.29 is 4.39 Å². The van der Waals surface area contributed by atoms with Crippen LogP contribution in [0, 0.1) is 5.82 Å². The molecule has 0 spiro atoms. The van der Waals surface area contributed by atoms with E-state index in [1.54, 1.807) is 6.07 Å². The fourth-order valence-electron chi connectivity index (χ4n) is 2.08. The largest absolute Gasteiger partial charge is 0.369 e. The van der Waals surface area contributed by atoms with Gasteiger partial charge in [-0.2, -0.15) is 0 Å². The van der Waals surface area contributed by atoms with Gasteiger partial charge >= 0.3 is 0 Å². The van der Waals surface area contributed by atoms with Gasteiger partial charge in [-0.25, -0.2) is 9.37 Å². The van der Waals surface area contributed by atoms with Crippen molar-refractivity contribution in [2.24, 2.45) is 0 Å². The number of hydrogen-bond acceptors (Lipinski definition) is 3. The average molecular weight is 330 g/mol. The molecule has 104 valence electrons. The molecule has 2 N–H and O–H groups in total. The van der Waals surface area contributed by atoms with E-state index in [9.17, 15) is 4.39 Å². The first kappa shape index (κ1) is 13.7. The highest BCUT2D eigenvalue weighted by atomic mass is 35.5. The van der Waals surface area contributed by atoms with Gasteiger partial charge in [-0.1, -0.05) is 23.2 Å². The molecule has 2 heterocycles. The van der Waals surface area contributed by atoms with Crippen molar-refractivity contribution in [3.05, 3.63) is 44.3 Å². The van der Waals surface area contributed by atoms with Crippen LogP contribution in [0.5, 0.6) is 0 Å². The molecular weight excluding hydrogens is 320 g/mol. The molecule has 0 aliphatic heterocycles. The van der Waals surface area contributed by atoms with Crippen molar-refractivity contribution in [2.45, 2.75) is 13.0 Å². The maximum atomic E-state index is 13.4. The molecule has 0 fully saturated rings. The van der Waals surface area contributed by atoms with Crippen molar-refractivity contribution in [1.29, 1.82) is 0 Å². The summed E-state index contributed by atoms with van der Waals surface area (Å²) in [7, 11) is 0. The number of anilines is 1. The Morgan fingerprint density at radius 3 is 2.80 bits per heavy atom. The average Bonchev–Trinajstić information content (AvgIpc) is 2.92. The number of hydrogen-bond donors (Lipinski definition) is 1. The van der Waals surface area contributed by atoms with Crippen LogP contribution in [0.3, 0.4) is 0 Å². The van der Waals surface area contributed by atoms with Crippen LogP contribution in [0.4, 0.5) is 10.3 Å². The zero-order valence-corrected chi connectivity index (χ0v) is 12.6. The van der Waals surface area contributed by atoms with E-state index in [0.717, 1.165) is 21.2 Å². The molecule has 7 heteroatoms. The summed E-state index contributed by atoms with van der Waals surface area (Å²) in [4.78, 5) is 5.31. The lowest BCUT2D eigenvalue weighted by molar-refractivity contribution is 0.629. The Hall–Kier alpha value is -1.30. The highest BCUT2D eigenvalue weighted by Gasteiger charge is 2.12. The van der Waals surface area contributed by atoms with Gasteiger partial charge in [0.25, 0.3) is 0 Å². The summed E-state index contributed by atoms with van der Waals surface area (Å²) in [5, 5.41) is 0.0674. The molecule has 3 rings (SSSR count). The third kappa shape index (κ3) is 2.49. The van der Waals surface area contributed by atoms with Crippen LogP contribution in [-0.4, -0.2) is 9.55 Å². The molecular formula is C13H10Cl2FN3S. The summed E-state index contributed by atoms with van der Waals surface area (Å²) in [5.74, 6) is -0.141. The zero-order chi connectivity index (χ0) is 14.3. The Kier molecular flexibility index (Phi) is 3.58. The van der Waals surface area contributed by atoms with Crippen LogP contribution in [-0.2, 0) is 13.0 Å². The van der Waals surface area contributed by atoms with Crippen LogP contribution in [0.25, 0.3) is 11.0 Å². The Morgan fingerprint density at radius 2 is 2.10 bits per heavy atom. The lowest BCUT2D eigenvalue weighted by Crippen LogP contribution is -2.05. The highest BCUT2D eigenvalue weighted by Crippen LogP contribution is 2.26. The van der Waals surface area contributed by atoms with E-state index in [0.29, 0.717) is 18.0 Å². The molecule has 0 aliphatic carbocycles. The number of fused-ring (bicyclic) bond motifs is 1. The predicted molar refractivity (Wildman–Crippen MR) is 82.1 cm³/mol. The fourth-order valence-corrected chi connectivity index (χ4v) is 3.32. The molecule has 3 nitrogen and oxygen atoms in total. The second-order valence-corrected chi connectivity index (χ2v) is 6.54. The van der Waals surface area contributed by atoms with Crippen LogP contribution in [0.15, 0.2) is 24.3 Å². The van der Waals surface area contributed by atoms with Crippen molar-refractivity contribution >= 4 is 51.5 Å². The van der Waals surface area contributed by atoms with E-state index >= 15 is 0 Å². The van der Waals surface area contributed by atoms with Crippen LogP contribution < -0.4 is 5.73 Å². The van der Waals surface area contributed by atoms with Crippen molar-refractivity contribution in [1.82, 2.24) is 9.55 Å². The van der Waals surface area contributed by atoms with E-state index in [2.05, 4.69) is 4.98 Å². The standard InChI is InChI=1S/C13H10Cl2FN3S/c14-8-5-11-10(6-9(8)16)18-13(17)19(11)4-3-7-1-2-12(15)20-7/h1-2,5-6H,3-4H2,(H2,17,18). The van der Waals surface area contributed by atoms with E-state index in [-0.39, 0.29) is 5.02 Å².